The first kappa shape index (κ1) is 12.3. The molecule has 4 nitrogen and oxygen atoms in total. The molecule has 1 aromatic heterocycles. The van der Waals surface area contributed by atoms with Crippen LogP contribution >= 0.6 is 39.5 Å². The Labute approximate surface area is 110 Å². The van der Waals surface area contributed by atoms with Gasteiger partial charge in [0.15, 0.2) is 0 Å². The molecule has 2 rings (SSSR count). The molecule has 0 saturated carbocycles. The second-order valence-electron chi connectivity index (χ2n) is 3.38. The van der Waals surface area contributed by atoms with E-state index in [0.29, 0.717) is 9.72 Å². The molecular weight excluding hydrogens is 310 g/mol. The monoisotopic (exact) mass is 321 g/mol. The van der Waals surface area contributed by atoms with Crippen molar-refractivity contribution in [2.75, 3.05) is 29.1 Å². The van der Waals surface area contributed by atoms with Gasteiger partial charge in [-0.1, -0.05) is 0 Å². The van der Waals surface area contributed by atoms with Gasteiger partial charge in [-0.3, -0.25) is 4.79 Å². The van der Waals surface area contributed by atoms with Gasteiger partial charge < -0.3 is 5.32 Å². The first-order chi connectivity index (χ1) is 7.77. The third kappa shape index (κ3) is 3.18. The van der Waals surface area contributed by atoms with Crippen molar-refractivity contribution in [1.82, 2.24) is 10.2 Å². The molecule has 1 aliphatic rings. The minimum Gasteiger partial charge on any atom is -0.382 e. The molecule has 0 amide bonds. The Morgan fingerprint density at radius 2 is 2.50 bits per heavy atom. The lowest BCUT2D eigenvalue weighted by atomic mass is 10.4. The SMILES string of the molecule is O=c1[nH]ncc(NCC2CSCCS2)c1Br. The maximum atomic E-state index is 11.3. The highest BCUT2D eigenvalue weighted by Gasteiger charge is 2.14. The Morgan fingerprint density at radius 1 is 1.62 bits per heavy atom. The summed E-state index contributed by atoms with van der Waals surface area (Å²) in [5.41, 5.74) is 0.565. The fourth-order valence-electron chi connectivity index (χ4n) is 1.39. The molecule has 1 atom stereocenters. The molecule has 1 saturated heterocycles. The number of aromatic amines is 1. The third-order valence-electron chi connectivity index (χ3n) is 2.20. The largest absolute Gasteiger partial charge is 0.382 e. The van der Waals surface area contributed by atoms with E-state index in [1.807, 2.05) is 23.5 Å². The van der Waals surface area contributed by atoms with Crippen molar-refractivity contribution < 1.29 is 0 Å². The van der Waals surface area contributed by atoms with Crippen LogP contribution in [0.15, 0.2) is 15.5 Å². The molecule has 1 aromatic rings. The highest BCUT2D eigenvalue weighted by Crippen LogP contribution is 2.25. The average Bonchev–Trinajstić information content (AvgIpc) is 2.32. The third-order valence-corrected chi connectivity index (χ3v) is 5.83. The van der Waals surface area contributed by atoms with Gasteiger partial charge in [-0.05, 0) is 15.9 Å². The van der Waals surface area contributed by atoms with Crippen LogP contribution in [0.25, 0.3) is 0 Å². The molecule has 0 aliphatic carbocycles. The molecule has 1 aliphatic heterocycles. The van der Waals surface area contributed by atoms with Gasteiger partial charge in [-0.25, -0.2) is 5.10 Å². The molecule has 2 heterocycles. The highest BCUT2D eigenvalue weighted by molar-refractivity contribution is 9.10. The maximum absolute atomic E-state index is 11.3. The summed E-state index contributed by atoms with van der Waals surface area (Å²) in [5.74, 6) is 3.63. The Balaban J connectivity index is 1.93. The molecule has 0 aromatic carbocycles. The van der Waals surface area contributed by atoms with Crippen LogP contribution in [0.5, 0.6) is 0 Å². The predicted molar refractivity (Wildman–Crippen MR) is 74.6 cm³/mol. The fraction of sp³-hybridized carbons (Fsp3) is 0.556. The van der Waals surface area contributed by atoms with Crippen molar-refractivity contribution in [3.05, 3.63) is 21.0 Å². The van der Waals surface area contributed by atoms with Gasteiger partial charge in [0.05, 0.1) is 11.9 Å². The van der Waals surface area contributed by atoms with E-state index in [9.17, 15) is 4.79 Å². The first-order valence-electron chi connectivity index (χ1n) is 4.94. The van der Waals surface area contributed by atoms with Gasteiger partial charge >= 0.3 is 0 Å². The summed E-state index contributed by atoms with van der Waals surface area (Å²) in [5, 5.41) is 10.0. The average molecular weight is 322 g/mol. The second kappa shape index (κ2) is 5.97. The fourth-order valence-corrected chi connectivity index (χ4v) is 4.33. The molecule has 7 heteroatoms. The van der Waals surface area contributed by atoms with Gasteiger partial charge in [-0.15, -0.1) is 0 Å². The Bertz CT molecular complexity index is 406. The molecule has 2 N–H and O–H groups in total. The van der Waals surface area contributed by atoms with E-state index in [0.717, 1.165) is 12.2 Å². The number of nitrogens with one attached hydrogen (secondary N) is 2. The summed E-state index contributed by atoms with van der Waals surface area (Å²) >= 11 is 7.22. The molecule has 1 fully saturated rings. The number of hydrogen-bond acceptors (Lipinski definition) is 5. The number of hydrogen-bond donors (Lipinski definition) is 2. The Morgan fingerprint density at radius 3 is 3.25 bits per heavy atom. The van der Waals surface area contributed by atoms with Crippen LogP contribution in [-0.4, -0.2) is 39.3 Å². The van der Waals surface area contributed by atoms with Crippen LogP contribution < -0.4 is 10.9 Å². The Hall–Kier alpha value is -0.140. The van der Waals surface area contributed by atoms with Gasteiger partial charge in [0.25, 0.3) is 5.56 Å². The lowest BCUT2D eigenvalue weighted by Crippen LogP contribution is -2.24. The van der Waals surface area contributed by atoms with Crippen LogP contribution in [0.1, 0.15) is 0 Å². The van der Waals surface area contributed by atoms with Crippen LogP contribution in [0.3, 0.4) is 0 Å². The van der Waals surface area contributed by atoms with Crippen LogP contribution in [0.2, 0.25) is 0 Å². The standard InChI is InChI=1S/C9H12BrN3OS2/c10-8-7(4-12-13-9(8)14)11-3-6-5-15-1-2-16-6/h4,6H,1-3,5H2,(H2,11,13,14). The molecule has 1 unspecified atom stereocenters. The molecule has 88 valence electrons. The van der Waals surface area contributed by atoms with Gasteiger partial charge in [0.1, 0.15) is 4.47 Å². The zero-order valence-electron chi connectivity index (χ0n) is 8.53. The van der Waals surface area contributed by atoms with Crippen LogP contribution in [-0.2, 0) is 0 Å². The predicted octanol–water partition coefficient (Wildman–Crippen LogP) is 1.79. The van der Waals surface area contributed by atoms with Crippen LogP contribution in [0, 0.1) is 0 Å². The highest BCUT2D eigenvalue weighted by atomic mass is 79.9. The maximum Gasteiger partial charge on any atom is 0.280 e. The van der Waals surface area contributed by atoms with E-state index < -0.39 is 0 Å². The lowest BCUT2D eigenvalue weighted by molar-refractivity contribution is 0.956. The quantitative estimate of drug-likeness (QED) is 0.889. The number of nitrogens with zero attached hydrogens (tertiary/aromatic N) is 1. The summed E-state index contributed by atoms with van der Waals surface area (Å²) in [6.45, 7) is 0.876. The first-order valence-corrected chi connectivity index (χ1v) is 7.93. The molecular formula is C9H12BrN3OS2. The van der Waals surface area contributed by atoms with E-state index in [1.165, 1.54) is 17.3 Å². The van der Waals surface area contributed by atoms with Crippen molar-refractivity contribution in [1.29, 1.82) is 0 Å². The summed E-state index contributed by atoms with van der Waals surface area (Å²) in [7, 11) is 0. The summed E-state index contributed by atoms with van der Waals surface area (Å²) in [4.78, 5) is 11.3. The van der Waals surface area contributed by atoms with Gasteiger partial charge in [-0.2, -0.15) is 28.6 Å². The van der Waals surface area contributed by atoms with Crippen molar-refractivity contribution in [2.45, 2.75) is 5.25 Å². The number of H-pyrrole nitrogens is 1. The summed E-state index contributed by atoms with van der Waals surface area (Å²) in [6.07, 6.45) is 1.63. The normalized spacial score (nSPS) is 20.7. The van der Waals surface area contributed by atoms with E-state index in [1.54, 1.807) is 6.20 Å². The number of anilines is 1. The summed E-state index contributed by atoms with van der Waals surface area (Å²) < 4.78 is 0.524. The summed E-state index contributed by atoms with van der Waals surface area (Å²) in [6, 6.07) is 0. The number of aromatic nitrogens is 2. The van der Waals surface area contributed by atoms with Crippen LogP contribution in [0.4, 0.5) is 5.69 Å². The minimum atomic E-state index is -0.198. The second-order valence-corrected chi connectivity index (χ2v) is 6.73. The lowest BCUT2D eigenvalue weighted by Gasteiger charge is -2.21. The van der Waals surface area contributed by atoms with Gasteiger partial charge in [0.2, 0.25) is 0 Å². The zero-order chi connectivity index (χ0) is 11.4. The van der Waals surface area contributed by atoms with E-state index in [-0.39, 0.29) is 5.56 Å². The molecule has 0 spiro atoms. The van der Waals surface area contributed by atoms with Crippen molar-refractivity contribution in [3.63, 3.8) is 0 Å². The molecule has 0 bridgehead atoms. The zero-order valence-corrected chi connectivity index (χ0v) is 11.8. The van der Waals surface area contributed by atoms with Gasteiger partial charge in [0, 0.05) is 29.1 Å². The number of halogens is 1. The van der Waals surface area contributed by atoms with Crippen molar-refractivity contribution in [3.8, 4) is 0 Å². The molecule has 0 radical (unpaired) electrons. The van der Waals surface area contributed by atoms with Crippen molar-refractivity contribution in [2.24, 2.45) is 0 Å². The van der Waals surface area contributed by atoms with E-state index >= 15 is 0 Å². The number of rotatable bonds is 3. The van der Waals surface area contributed by atoms with Crippen molar-refractivity contribution >= 4 is 45.1 Å². The van der Waals surface area contributed by atoms with E-state index in [4.69, 9.17) is 0 Å². The molecule has 16 heavy (non-hydrogen) atoms. The topological polar surface area (TPSA) is 57.8 Å². The smallest absolute Gasteiger partial charge is 0.280 e. The Kier molecular flexibility index (Phi) is 4.60. The minimum absolute atomic E-state index is 0.198. The van der Waals surface area contributed by atoms with E-state index in [2.05, 4.69) is 31.4 Å². The number of thioether (sulfide) groups is 2.